The average molecular weight is 276 g/mol. The number of aromatic nitrogens is 1. The highest BCUT2D eigenvalue weighted by atomic mass is 32.1. The van der Waals surface area contributed by atoms with Gasteiger partial charge in [0.25, 0.3) is 0 Å². The second-order valence-electron chi connectivity index (χ2n) is 5.10. The molecule has 1 unspecified atom stereocenters. The Morgan fingerprint density at radius 2 is 2.16 bits per heavy atom. The van der Waals surface area contributed by atoms with Crippen LogP contribution in [0.4, 0.5) is 4.39 Å². The molecule has 0 radical (unpaired) electrons. The highest BCUT2D eigenvalue weighted by Gasteiger charge is 2.32. The van der Waals surface area contributed by atoms with Crippen LogP contribution in [-0.2, 0) is 6.42 Å². The summed E-state index contributed by atoms with van der Waals surface area (Å²) in [6.45, 7) is 1.38. The van der Waals surface area contributed by atoms with E-state index in [-0.39, 0.29) is 0 Å². The smallest absolute Gasteiger partial charge is 0.129 e. The molecular weight excluding hydrogens is 259 g/mol. The van der Waals surface area contributed by atoms with E-state index < -0.39 is 5.67 Å². The molecule has 0 spiro atoms. The number of hydrogen-bond donors (Lipinski definition) is 1. The highest BCUT2D eigenvalue weighted by molar-refractivity contribution is 7.09. The van der Waals surface area contributed by atoms with E-state index in [4.69, 9.17) is 0 Å². The van der Waals surface area contributed by atoms with Crippen LogP contribution in [0.3, 0.4) is 0 Å². The standard InChI is InChI=1S/C15H17FN2S/c16-15(7-4-8-17-11-15)9-14-18-13(10-19-14)12-5-2-1-3-6-12/h1-3,5-6,10,17H,4,7-9,11H2. The molecule has 100 valence electrons. The summed E-state index contributed by atoms with van der Waals surface area (Å²) < 4.78 is 14.6. The third kappa shape index (κ3) is 3.01. The van der Waals surface area contributed by atoms with E-state index in [1.54, 1.807) is 11.3 Å². The van der Waals surface area contributed by atoms with Crippen LogP contribution in [0.25, 0.3) is 11.3 Å². The largest absolute Gasteiger partial charge is 0.314 e. The lowest BCUT2D eigenvalue weighted by Crippen LogP contribution is -2.43. The van der Waals surface area contributed by atoms with Crippen molar-refractivity contribution in [2.45, 2.75) is 24.9 Å². The van der Waals surface area contributed by atoms with Crippen molar-refractivity contribution in [3.05, 3.63) is 40.7 Å². The van der Waals surface area contributed by atoms with Crippen molar-refractivity contribution >= 4 is 11.3 Å². The number of thiazole rings is 1. The van der Waals surface area contributed by atoms with Crippen LogP contribution in [0, 0.1) is 0 Å². The van der Waals surface area contributed by atoms with E-state index in [0.717, 1.165) is 29.2 Å². The van der Waals surface area contributed by atoms with Crippen LogP contribution in [0.1, 0.15) is 17.8 Å². The van der Waals surface area contributed by atoms with Crippen molar-refractivity contribution in [1.82, 2.24) is 10.3 Å². The van der Waals surface area contributed by atoms with Crippen molar-refractivity contribution < 1.29 is 4.39 Å². The molecule has 19 heavy (non-hydrogen) atoms. The Morgan fingerprint density at radius 1 is 1.32 bits per heavy atom. The van der Waals surface area contributed by atoms with Gasteiger partial charge in [0, 0.05) is 23.9 Å². The fourth-order valence-corrected chi connectivity index (χ4v) is 3.42. The maximum absolute atomic E-state index is 14.6. The number of hydrogen-bond acceptors (Lipinski definition) is 3. The lowest BCUT2D eigenvalue weighted by atomic mass is 9.93. The van der Waals surface area contributed by atoms with Crippen LogP contribution in [0.2, 0.25) is 0 Å². The Balaban J connectivity index is 1.75. The molecule has 0 bridgehead atoms. The fourth-order valence-electron chi connectivity index (χ4n) is 2.49. The average Bonchev–Trinajstić information content (AvgIpc) is 2.88. The molecule has 1 N–H and O–H groups in total. The molecule has 1 aliphatic heterocycles. The van der Waals surface area contributed by atoms with E-state index in [0.29, 0.717) is 19.4 Å². The van der Waals surface area contributed by atoms with Crippen molar-refractivity contribution in [3.8, 4) is 11.3 Å². The van der Waals surface area contributed by atoms with Gasteiger partial charge in [0.2, 0.25) is 0 Å². The number of nitrogens with zero attached hydrogens (tertiary/aromatic N) is 1. The Kier molecular flexibility index (Phi) is 3.62. The summed E-state index contributed by atoms with van der Waals surface area (Å²) in [5.41, 5.74) is 0.928. The zero-order valence-corrected chi connectivity index (χ0v) is 11.5. The molecule has 0 saturated carbocycles. The Morgan fingerprint density at radius 3 is 2.89 bits per heavy atom. The summed E-state index contributed by atoms with van der Waals surface area (Å²) in [7, 11) is 0. The highest BCUT2D eigenvalue weighted by Crippen LogP contribution is 2.29. The van der Waals surface area contributed by atoms with Gasteiger partial charge in [-0.2, -0.15) is 0 Å². The van der Waals surface area contributed by atoms with E-state index in [1.165, 1.54) is 0 Å². The molecule has 1 aliphatic rings. The molecule has 2 heterocycles. The van der Waals surface area contributed by atoms with Crippen molar-refractivity contribution in [2.24, 2.45) is 0 Å². The molecule has 2 aromatic rings. The van der Waals surface area contributed by atoms with Crippen molar-refractivity contribution in [3.63, 3.8) is 0 Å². The summed E-state index contributed by atoms with van der Waals surface area (Å²) in [6.07, 6.45) is 1.98. The number of benzene rings is 1. The third-order valence-electron chi connectivity index (χ3n) is 3.51. The molecule has 1 aromatic heterocycles. The topological polar surface area (TPSA) is 24.9 Å². The van der Waals surface area contributed by atoms with Crippen LogP contribution >= 0.6 is 11.3 Å². The van der Waals surface area contributed by atoms with Gasteiger partial charge in [0.05, 0.1) is 10.7 Å². The van der Waals surface area contributed by atoms with Gasteiger partial charge < -0.3 is 5.32 Å². The maximum Gasteiger partial charge on any atom is 0.129 e. The summed E-state index contributed by atoms with van der Waals surface area (Å²) in [5.74, 6) is 0. The van der Waals surface area contributed by atoms with Gasteiger partial charge in [-0.05, 0) is 19.4 Å². The minimum absolute atomic E-state index is 0.428. The van der Waals surface area contributed by atoms with Gasteiger partial charge in [-0.15, -0.1) is 11.3 Å². The molecule has 0 amide bonds. The Hall–Kier alpha value is -1.26. The Bertz CT molecular complexity index is 532. The van der Waals surface area contributed by atoms with Gasteiger partial charge in [-0.25, -0.2) is 9.37 Å². The number of halogens is 1. The Labute approximate surface area is 116 Å². The first kappa shape index (κ1) is 12.8. The zero-order chi connectivity index (χ0) is 13.1. The molecule has 2 nitrogen and oxygen atoms in total. The van der Waals surface area contributed by atoms with E-state index in [2.05, 4.69) is 10.3 Å². The lowest BCUT2D eigenvalue weighted by molar-refractivity contribution is 0.122. The maximum atomic E-state index is 14.6. The minimum Gasteiger partial charge on any atom is -0.314 e. The fraction of sp³-hybridized carbons (Fsp3) is 0.400. The van der Waals surface area contributed by atoms with Crippen LogP contribution in [-0.4, -0.2) is 23.7 Å². The van der Waals surface area contributed by atoms with E-state index in [9.17, 15) is 4.39 Å². The minimum atomic E-state index is -1.12. The summed E-state index contributed by atoms with van der Waals surface area (Å²) in [4.78, 5) is 4.57. The first-order valence-electron chi connectivity index (χ1n) is 6.65. The van der Waals surface area contributed by atoms with Gasteiger partial charge in [-0.1, -0.05) is 30.3 Å². The monoisotopic (exact) mass is 276 g/mol. The van der Waals surface area contributed by atoms with Crippen LogP contribution in [0.5, 0.6) is 0 Å². The van der Waals surface area contributed by atoms with Crippen LogP contribution in [0.15, 0.2) is 35.7 Å². The van der Waals surface area contributed by atoms with Crippen LogP contribution < -0.4 is 5.32 Å². The molecule has 1 atom stereocenters. The number of rotatable bonds is 3. The predicted octanol–water partition coefficient (Wildman–Crippen LogP) is 3.44. The number of alkyl halides is 1. The second kappa shape index (κ2) is 5.39. The van der Waals surface area contributed by atoms with E-state index in [1.807, 2.05) is 35.7 Å². The normalized spacial score (nSPS) is 23.4. The zero-order valence-electron chi connectivity index (χ0n) is 10.7. The lowest BCUT2D eigenvalue weighted by Gasteiger charge is -2.29. The quantitative estimate of drug-likeness (QED) is 0.929. The van der Waals surface area contributed by atoms with Gasteiger partial charge in [0.1, 0.15) is 5.67 Å². The SMILES string of the molecule is FC1(Cc2nc(-c3ccccc3)cs2)CCCNC1. The summed E-state index contributed by atoms with van der Waals surface area (Å²) in [6, 6.07) is 10.0. The molecule has 4 heteroatoms. The predicted molar refractivity (Wildman–Crippen MR) is 77.2 cm³/mol. The van der Waals surface area contributed by atoms with Crippen molar-refractivity contribution in [1.29, 1.82) is 0 Å². The molecule has 1 saturated heterocycles. The first-order chi connectivity index (χ1) is 9.25. The molecule has 3 rings (SSSR count). The summed E-state index contributed by atoms with van der Waals surface area (Å²) in [5, 5.41) is 6.05. The van der Waals surface area contributed by atoms with Gasteiger partial charge >= 0.3 is 0 Å². The molecule has 1 fully saturated rings. The molecule has 0 aliphatic carbocycles. The molecular formula is C15H17FN2S. The summed E-state index contributed by atoms with van der Waals surface area (Å²) >= 11 is 1.56. The number of piperidine rings is 1. The third-order valence-corrected chi connectivity index (χ3v) is 4.36. The van der Waals surface area contributed by atoms with E-state index >= 15 is 0 Å². The van der Waals surface area contributed by atoms with Crippen molar-refractivity contribution in [2.75, 3.05) is 13.1 Å². The van der Waals surface area contributed by atoms with Gasteiger partial charge in [-0.3, -0.25) is 0 Å². The first-order valence-corrected chi connectivity index (χ1v) is 7.53. The molecule has 1 aromatic carbocycles. The number of nitrogens with one attached hydrogen (secondary N) is 1. The second-order valence-corrected chi connectivity index (χ2v) is 6.04. The van der Waals surface area contributed by atoms with Gasteiger partial charge in [0.15, 0.2) is 0 Å².